The quantitative estimate of drug-likeness (QED) is 0.885. The van der Waals surface area contributed by atoms with Gasteiger partial charge in [-0.3, -0.25) is 0 Å². The van der Waals surface area contributed by atoms with E-state index in [0.29, 0.717) is 12.5 Å². The molecule has 1 aromatic rings. The molecule has 3 nitrogen and oxygen atoms in total. The highest BCUT2D eigenvalue weighted by Crippen LogP contribution is 2.34. The Morgan fingerprint density at radius 1 is 1.50 bits per heavy atom. The maximum atomic E-state index is 10.1. The van der Waals surface area contributed by atoms with Gasteiger partial charge in [-0.25, -0.2) is 0 Å². The maximum absolute atomic E-state index is 10.1. The first kappa shape index (κ1) is 13.7. The van der Waals surface area contributed by atoms with Crippen molar-refractivity contribution in [2.24, 2.45) is 11.7 Å². The van der Waals surface area contributed by atoms with Crippen LogP contribution in [0.1, 0.15) is 25.8 Å². The number of nitrogens with zero attached hydrogens (tertiary/aromatic N) is 1. The lowest BCUT2D eigenvalue weighted by molar-refractivity contribution is 0.0263. The van der Waals surface area contributed by atoms with Crippen LogP contribution in [-0.4, -0.2) is 23.8 Å². The molecule has 1 aliphatic rings. The third-order valence-corrected chi connectivity index (χ3v) is 4.18. The van der Waals surface area contributed by atoms with E-state index in [0.717, 1.165) is 35.8 Å². The van der Waals surface area contributed by atoms with E-state index in [1.807, 2.05) is 26.0 Å². The fraction of sp³-hybridized carbons (Fsp3) is 0.571. The van der Waals surface area contributed by atoms with Crippen LogP contribution in [0.15, 0.2) is 18.2 Å². The van der Waals surface area contributed by atoms with Crippen molar-refractivity contribution in [3.8, 4) is 0 Å². The van der Waals surface area contributed by atoms with Crippen LogP contribution >= 0.6 is 11.6 Å². The van der Waals surface area contributed by atoms with Crippen molar-refractivity contribution in [3.63, 3.8) is 0 Å². The highest BCUT2D eigenvalue weighted by Gasteiger charge is 2.34. The normalized spacial score (nSPS) is 20.5. The molecule has 0 aromatic heterocycles. The summed E-state index contributed by atoms with van der Waals surface area (Å²) in [6.07, 6.45) is 1.00. The summed E-state index contributed by atoms with van der Waals surface area (Å²) in [7, 11) is 0. The van der Waals surface area contributed by atoms with Crippen molar-refractivity contribution >= 4 is 17.3 Å². The standard InChI is InChI=1S/C14H21ClN2O/c1-14(2,18)10-6-7-17(9-10)13-5-3-4-12(15)11(13)8-16/h3-5,10,18H,6-9,16H2,1-2H3. The van der Waals surface area contributed by atoms with E-state index in [1.54, 1.807) is 0 Å². The van der Waals surface area contributed by atoms with Gasteiger partial charge in [0.25, 0.3) is 0 Å². The van der Waals surface area contributed by atoms with E-state index in [-0.39, 0.29) is 0 Å². The second-order valence-corrected chi connectivity index (χ2v) is 5.93. The van der Waals surface area contributed by atoms with E-state index < -0.39 is 5.60 Å². The van der Waals surface area contributed by atoms with E-state index >= 15 is 0 Å². The number of hydrogen-bond acceptors (Lipinski definition) is 3. The average molecular weight is 269 g/mol. The van der Waals surface area contributed by atoms with Crippen LogP contribution in [0.5, 0.6) is 0 Å². The van der Waals surface area contributed by atoms with Crippen LogP contribution in [0.25, 0.3) is 0 Å². The van der Waals surface area contributed by atoms with Crippen molar-refractivity contribution in [1.82, 2.24) is 0 Å². The Bertz CT molecular complexity index is 428. The summed E-state index contributed by atoms with van der Waals surface area (Å²) in [5, 5.41) is 10.8. The predicted octanol–water partition coefficient (Wildman–Crippen LogP) is 2.40. The summed E-state index contributed by atoms with van der Waals surface area (Å²) in [6, 6.07) is 5.88. The number of aliphatic hydroxyl groups is 1. The molecule has 1 saturated heterocycles. The van der Waals surface area contributed by atoms with E-state index in [4.69, 9.17) is 17.3 Å². The fourth-order valence-corrected chi connectivity index (χ4v) is 2.85. The number of anilines is 1. The summed E-state index contributed by atoms with van der Waals surface area (Å²) < 4.78 is 0. The molecule has 18 heavy (non-hydrogen) atoms. The molecule has 1 unspecified atom stereocenters. The third-order valence-electron chi connectivity index (χ3n) is 3.83. The lowest BCUT2D eigenvalue weighted by Gasteiger charge is -2.27. The van der Waals surface area contributed by atoms with E-state index in [2.05, 4.69) is 11.0 Å². The summed E-state index contributed by atoms with van der Waals surface area (Å²) >= 11 is 6.18. The van der Waals surface area contributed by atoms with E-state index in [1.165, 1.54) is 0 Å². The largest absolute Gasteiger partial charge is 0.390 e. The molecule has 2 rings (SSSR count). The zero-order valence-electron chi connectivity index (χ0n) is 11.0. The van der Waals surface area contributed by atoms with Crippen LogP contribution in [0.3, 0.4) is 0 Å². The summed E-state index contributed by atoms with van der Waals surface area (Å²) in [4.78, 5) is 2.27. The van der Waals surface area contributed by atoms with Gasteiger partial charge in [0.15, 0.2) is 0 Å². The highest BCUT2D eigenvalue weighted by atomic mass is 35.5. The summed E-state index contributed by atoms with van der Waals surface area (Å²) in [5.41, 5.74) is 7.25. The van der Waals surface area contributed by atoms with Gasteiger partial charge in [0, 0.05) is 41.8 Å². The van der Waals surface area contributed by atoms with Crippen LogP contribution in [0.2, 0.25) is 5.02 Å². The molecule has 0 aliphatic carbocycles. The minimum absolute atomic E-state index is 0.294. The van der Waals surface area contributed by atoms with Crippen LogP contribution < -0.4 is 10.6 Å². The van der Waals surface area contributed by atoms with Crippen molar-refractivity contribution in [3.05, 3.63) is 28.8 Å². The highest BCUT2D eigenvalue weighted by molar-refractivity contribution is 6.31. The second kappa shape index (κ2) is 5.08. The predicted molar refractivity (Wildman–Crippen MR) is 76.0 cm³/mol. The van der Waals surface area contributed by atoms with Gasteiger partial charge in [0.05, 0.1) is 5.60 Å². The molecule has 0 amide bonds. The first-order chi connectivity index (χ1) is 8.43. The molecular weight excluding hydrogens is 248 g/mol. The average Bonchev–Trinajstić information content (AvgIpc) is 2.77. The van der Waals surface area contributed by atoms with Crippen LogP contribution in [0.4, 0.5) is 5.69 Å². The van der Waals surface area contributed by atoms with Crippen molar-refractivity contribution in [2.45, 2.75) is 32.4 Å². The molecule has 0 saturated carbocycles. The van der Waals surface area contributed by atoms with Crippen LogP contribution in [-0.2, 0) is 6.54 Å². The molecule has 1 atom stereocenters. The molecule has 3 N–H and O–H groups in total. The van der Waals surface area contributed by atoms with Gasteiger partial charge in [0.1, 0.15) is 0 Å². The zero-order chi connectivity index (χ0) is 13.3. The van der Waals surface area contributed by atoms with Crippen molar-refractivity contribution in [1.29, 1.82) is 0 Å². The molecule has 1 aliphatic heterocycles. The zero-order valence-corrected chi connectivity index (χ0v) is 11.7. The molecule has 100 valence electrons. The smallest absolute Gasteiger partial charge is 0.0637 e. The van der Waals surface area contributed by atoms with E-state index in [9.17, 15) is 5.11 Å². The van der Waals surface area contributed by atoms with Gasteiger partial charge in [0.2, 0.25) is 0 Å². The number of halogens is 1. The van der Waals surface area contributed by atoms with Gasteiger partial charge >= 0.3 is 0 Å². The minimum atomic E-state index is -0.629. The molecule has 0 spiro atoms. The molecule has 0 bridgehead atoms. The van der Waals surface area contributed by atoms with Gasteiger partial charge in [-0.15, -0.1) is 0 Å². The SMILES string of the molecule is CC(C)(O)C1CCN(c2cccc(Cl)c2CN)C1. The lowest BCUT2D eigenvalue weighted by Crippen LogP contribution is -2.33. The van der Waals surface area contributed by atoms with Gasteiger partial charge < -0.3 is 15.7 Å². The van der Waals surface area contributed by atoms with Gasteiger partial charge in [-0.1, -0.05) is 17.7 Å². The molecule has 1 aromatic carbocycles. The summed E-state index contributed by atoms with van der Waals surface area (Å²) in [5.74, 6) is 0.294. The maximum Gasteiger partial charge on any atom is 0.0637 e. The Morgan fingerprint density at radius 2 is 2.22 bits per heavy atom. The molecule has 0 radical (unpaired) electrons. The first-order valence-corrected chi connectivity index (χ1v) is 6.76. The third kappa shape index (κ3) is 2.63. The lowest BCUT2D eigenvalue weighted by atomic mass is 9.90. The monoisotopic (exact) mass is 268 g/mol. The topological polar surface area (TPSA) is 49.5 Å². The molecule has 1 fully saturated rings. The number of hydrogen-bond donors (Lipinski definition) is 2. The molecule has 4 heteroatoms. The molecule has 1 heterocycles. The van der Waals surface area contributed by atoms with Crippen molar-refractivity contribution in [2.75, 3.05) is 18.0 Å². The first-order valence-electron chi connectivity index (χ1n) is 6.38. The Morgan fingerprint density at radius 3 is 2.78 bits per heavy atom. The van der Waals surface area contributed by atoms with Gasteiger partial charge in [-0.05, 0) is 32.4 Å². The van der Waals surface area contributed by atoms with Gasteiger partial charge in [-0.2, -0.15) is 0 Å². The number of nitrogens with two attached hydrogens (primary N) is 1. The Kier molecular flexibility index (Phi) is 3.85. The molecular formula is C14H21ClN2O. The Balaban J connectivity index is 2.22. The second-order valence-electron chi connectivity index (χ2n) is 5.53. The number of benzene rings is 1. The van der Waals surface area contributed by atoms with Crippen molar-refractivity contribution < 1.29 is 5.11 Å². The number of rotatable bonds is 3. The summed E-state index contributed by atoms with van der Waals surface area (Å²) in [6.45, 7) is 6.00. The minimum Gasteiger partial charge on any atom is -0.390 e. The Hall–Kier alpha value is -0.770. The fourth-order valence-electron chi connectivity index (χ4n) is 2.60. The Labute approximate surface area is 114 Å². The van der Waals surface area contributed by atoms with Crippen LogP contribution in [0, 0.1) is 5.92 Å².